The summed E-state index contributed by atoms with van der Waals surface area (Å²) in [6, 6.07) is 8.91. The zero-order chi connectivity index (χ0) is 21.2. The van der Waals surface area contributed by atoms with Gasteiger partial charge in [-0.2, -0.15) is 10.4 Å². The molecule has 2 aromatic rings. The number of carbonyl (C=O) groups excluding carboxylic acids is 2. The Labute approximate surface area is 168 Å². The number of hydrogen-bond acceptors (Lipinski definition) is 6. The molecule has 1 aromatic carbocycles. The minimum Gasteiger partial charge on any atom is -0.448 e. The normalized spacial score (nSPS) is 16.6. The molecule has 0 saturated heterocycles. The first-order valence-corrected chi connectivity index (χ1v) is 9.67. The molecule has 1 saturated carbocycles. The van der Waals surface area contributed by atoms with Gasteiger partial charge in [0.15, 0.2) is 11.8 Å². The van der Waals surface area contributed by atoms with Crippen molar-refractivity contribution in [3.63, 3.8) is 0 Å². The van der Waals surface area contributed by atoms with Crippen molar-refractivity contribution in [2.45, 2.75) is 50.7 Å². The number of aryl methyl sites for hydroxylation is 1. The highest BCUT2D eigenvalue weighted by Gasteiger charge is 2.41. The summed E-state index contributed by atoms with van der Waals surface area (Å²) in [5.41, 5.74) is -1.22. The number of esters is 1. The number of fused-ring (bicyclic) bond motifs is 1. The van der Waals surface area contributed by atoms with Crippen molar-refractivity contribution < 1.29 is 14.3 Å². The Morgan fingerprint density at radius 2 is 1.86 bits per heavy atom. The summed E-state index contributed by atoms with van der Waals surface area (Å²) in [4.78, 5) is 39.3. The van der Waals surface area contributed by atoms with Crippen molar-refractivity contribution in [2.24, 2.45) is 7.05 Å². The van der Waals surface area contributed by atoms with Crippen LogP contribution in [0.25, 0.3) is 10.8 Å². The second kappa shape index (κ2) is 8.03. The van der Waals surface area contributed by atoms with E-state index in [1.54, 1.807) is 31.3 Å². The minimum atomic E-state index is -1.09. The predicted octanol–water partition coefficient (Wildman–Crippen LogP) is 2.16. The number of rotatable bonds is 4. The summed E-state index contributed by atoms with van der Waals surface area (Å²) in [7, 11) is 3.04. The van der Waals surface area contributed by atoms with E-state index in [1.807, 2.05) is 0 Å². The first-order chi connectivity index (χ1) is 13.8. The van der Waals surface area contributed by atoms with Crippen molar-refractivity contribution in [3.05, 3.63) is 40.3 Å². The Morgan fingerprint density at radius 3 is 2.48 bits per heavy atom. The first-order valence-electron chi connectivity index (χ1n) is 9.67. The summed E-state index contributed by atoms with van der Waals surface area (Å²) in [6.07, 6.45) is 2.94. The third kappa shape index (κ3) is 3.73. The van der Waals surface area contributed by atoms with Crippen LogP contribution >= 0.6 is 0 Å². The lowest BCUT2D eigenvalue weighted by atomic mass is 9.81. The van der Waals surface area contributed by atoms with Crippen molar-refractivity contribution in [3.8, 4) is 6.07 Å². The standard InChI is InChI=1S/C21H24N4O4/c1-14(18(26)24(2)21(13-22)11-7-4-8-12-21)29-20(28)17-15-9-5-6-10-16(15)19(27)25(3)23-17/h5-6,9-10,14H,4,7-8,11-12H2,1-3H3/t14-/m0/s1. The zero-order valence-electron chi connectivity index (χ0n) is 16.8. The van der Waals surface area contributed by atoms with E-state index in [2.05, 4.69) is 11.2 Å². The van der Waals surface area contributed by atoms with Gasteiger partial charge in [0.25, 0.3) is 11.5 Å². The van der Waals surface area contributed by atoms with Crippen LogP contribution in [0, 0.1) is 11.3 Å². The highest BCUT2D eigenvalue weighted by atomic mass is 16.5. The molecule has 8 nitrogen and oxygen atoms in total. The molecule has 1 fully saturated rings. The largest absolute Gasteiger partial charge is 0.448 e. The Morgan fingerprint density at radius 1 is 1.24 bits per heavy atom. The molecule has 8 heteroatoms. The lowest BCUT2D eigenvalue weighted by molar-refractivity contribution is -0.143. The number of amides is 1. The van der Waals surface area contributed by atoms with Crippen LogP contribution in [-0.4, -0.2) is 45.2 Å². The summed E-state index contributed by atoms with van der Waals surface area (Å²) in [5, 5.41) is 14.4. The summed E-state index contributed by atoms with van der Waals surface area (Å²) in [6.45, 7) is 1.48. The van der Waals surface area contributed by atoms with Gasteiger partial charge in [0.1, 0.15) is 5.54 Å². The van der Waals surface area contributed by atoms with Gasteiger partial charge in [0, 0.05) is 19.5 Å². The van der Waals surface area contributed by atoms with Crippen molar-refractivity contribution >= 4 is 22.6 Å². The molecule has 1 aromatic heterocycles. The van der Waals surface area contributed by atoms with E-state index in [0.717, 1.165) is 23.9 Å². The summed E-state index contributed by atoms with van der Waals surface area (Å²) < 4.78 is 6.46. The maximum Gasteiger partial charge on any atom is 0.360 e. The number of aromatic nitrogens is 2. The highest BCUT2D eigenvalue weighted by Crippen LogP contribution is 2.33. The molecule has 0 unspecified atom stereocenters. The lowest BCUT2D eigenvalue weighted by Crippen LogP contribution is -2.53. The van der Waals surface area contributed by atoms with E-state index in [0.29, 0.717) is 23.6 Å². The Bertz CT molecular complexity index is 1050. The minimum absolute atomic E-state index is 0.0299. The monoisotopic (exact) mass is 396 g/mol. The summed E-state index contributed by atoms with van der Waals surface area (Å²) >= 11 is 0. The quantitative estimate of drug-likeness (QED) is 0.734. The molecule has 0 spiro atoms. The fourth-order valence-electron chi connectivity index (χ4n) is 3.86. The van der Waals surface area contributed by atoms with E-state index in [4.69, 9.17) is 4.74 Å². The Hall–Kier alpha value is -3.21. The maximum atomic E-state index is 12.9. The number of nitrogens with zero attached hydrogens (tertiary/aromatic N) is 4. The topological polar surface area (TPSA) is 105 Å². The van der Waals surface area contributed by atoms with Gasteiger partial charge >= 0.3 is 5.97 Å². The van der Waals surface area contributed by atoms with Gasteiger partial charge in [-0.05, 0) is 25.8 Å². The Balaban J connectivity index is 1.83. The third-order valence-electron chi connectivity index (χ3n) is 5.64. The molecular formula is C21H24N4O4. The fraction of sp³-hybridized carbons (Fsp3) is 0.476. The van der Waals surface area contributed by atoms with Crippen LogP contribution in [0.15, 0.2) is 29.1 Å². The highest BCUT2D eigenvalue weighted by molar-refractivity contribution is 6.02. The van der Waals surface area contributed by atoms with Crippen LogP contribution in [0.4, 0.5) is 0 Å². The van der Waals surface area contributed by atoms with Gasteiger partial charge in [0.2, 0.25) is 0 Å². The van der Waals surface area contributed by atoms with E-state index in [1.165, 1.54) is 18.9 Å². The van der Waals surface area contributed by atoms with Crippen molar-refractivity contribution in [1.29, 1.82) is 5.26 Å². The molecule has 1 atom stereocenters. The molecule has 3 rings (SSSR count). The van der Waals surface area contributed by atoms with Gasteiger partial charge in [-0.25, -0.2) is 9.48 Å². The van der Waals surface area contributed by atoms with Gasteiger partial charge < -0.3 is 9.64 Å². The number of nitriles is 1. The van der Waals surface area contributed by atoms with Gasteiger partial charge in [0.05, 0.1) is 11.5 Å². The van der Waals surface area contributed by atoms with E-state index in [-0.39, 0.29) is 11.3 Å². The predicted molar refractivity (Wildman–Crippen MR) is 106 cm³/mol. The zero-order valence-corrected chi connectivity index (χ0v) is 16.8. The van der Waals surface area contributed by atoms with Crippen LogP contribution in [0.3, 0.4) is 0 Å². The van der Waals surface area contributed by atoms with E-state index < -0.39 is 23.5 Å². The number of benzene rings is 1. The molecule has 0 aliphatic heterocycles. The Kier molecular flexibility index (Phi) is 5.69. The SMILES string of the molecule is C[C@H](OC(=O)c1nn(C)c(=O)c2ccccc12)C(=O)N(C)C1(C#N)CCCCC1. The summed E-state index contributed by atoms with van der Waals surface area (Å²) in [5.74, 6) is -1.23. The van der Waals surface area contributed by atoms with Crippen LogP contribution in [0.1, 0.15) is 49.5 Å². The molecule has 1 amide bonds. The molecule has 0 radical (unpaired) electrons. The van der Waals surface area contributed by atoms with E-state index in [9.17, 15) is 19.6 Å². The van der Waals surface area contributed by atoms with Crippen LogP contribution in [-0.2, 0) is 16.6 Å². The number of hydrogen-bond donors (Lipinski definition) is 0. The van der Waals surface area contributed by atoms with Gasteiger partial charge in [-0.3, -0.25) is 9.59 Å². The fourth-order valence-corrected chi connectivity index (χ4v) is 3.86. The smallest absolute Gasteiger partial charge is 0.360 e. The lowest BCUT2D eigenvalue weighted by Gasteiger charge is -2.39. The van der Waals surface area contributed by atoms with Crippen LogP contribution in [0.2, 0.25) is 0 Å². The molecule has 29 heavy (non-hydrogen) atoms. The molecule has 0 bridgehead atoms. The van der Waals surface area contributed by atoms with Crippen molar-refractivity contribution in [1.82, 2.24) is 14.7 Å². The molecular weight excluding hydrogens is 372 g/mol. The van der Waals surface area contributed by atoms with E-state index >= 15 is 0 Å². The first kappa shape index (κ1) is 20.5. The van der Waals surface area contributed by atoms with Crippen LogP contribution in [0.5, 0.6) is 0 Å². The average molecular weight is 396 g/mol. The number of likely N-dealkylation sites (N-methyl/N-ethyl adjacent to an activating group) is 1. The van der Waals surface area contributed by atoms with Crippen molar-refractivity contribution in [2.75, 3.05) is 7.05 Å². The van der Waals surface area contributed by atoms with Crippen LogP contribution < -0.4 is 5.56 Å². The second-order valence-electron chi connectivity index (χ2n) is 7.47. The molecule has 1 heterocycles. The van der Waals surface area contributed by atoms with Gasteiger partial charge in [-0.1, -0.05) is 37.5 Å². The average Bonchev–Trinajstić information content (AvgIpc) is 2.75. The molecule has 152 valence electrons. The number of carbonyl (C=O) groups is 2. The molecule has 1 aliphatic carbocycles. The maximum absolute atomic E-state index is 12.9. The number of ether oxygens (including phenoxy) is 1. The molecule has 1 aliphatic rings. The third-order valence-corrected chi connectivity index (χ3v) is 5.64. The molecule has 0 N–H and O–H groups in total. The second-order valence-corrected chi connectivity index (χ2v) is 7.47. The van der Waals surface area contributed by atoms with Gasteiger partial charge in [-0.15, -0.1) is 0 Å².